The van der Waals surface area contributed by atoms with Crippen LogP contribution in [-0.2, 0) is 21.4 Å². The zero-order valence-electron chi connectivity index (χ0n) is 14.2. The van der Waals surface area contributed by atoms with Crippen LogP contribution in [0.1, 0.15) is 15.9 Å². The summed E-state index contributed by atoms with van der Waals surface area (Å²) in [4.78, 5) is 23.4. The van der Waals surface area contributed by atoms with Gasteiger partial charge in [0.2, 0.25) is 10.0 Å². The number of fused-ring (bicyclic) bond motifs is 1. The average Bonchev–Trinajstić information content (AvgIpc) is 2.60. The fourth-order valence-electron chi connectivity index (χ4n) is 2.87. The molecule has 0 amide bonds. The fourth-order valence-corrected chi connectivity index (χ4v) is 4.82. The van der Waals surface area contributed by atoms with Crippen molar-refractivity contribution in [2.24, 2.45) is 0 Å². The first kappa shape index (κ1) is 20.2. The molecule has 28 heavy (non-hydrogen) atoms. The van der Waals surface area contributed by atoms with E-state index in [4.69, 9.17) is 10.2 Å². The van der Waals surface area contributed by atoms with Crippen molar-refractivity contribution in [2.45, 2.75) is 11.4 Å². The summed E-state index contributed by atoms with van der Waals surface area (Å²) in [5.41, 5.74) is -0.0749. The highest BCUT2D eigenvalue weighted by molar-refractivity contribution is 9.10. The second-order valence-corrected chi connectivity index (χ2v) is 8.89. The standard InChI is InChI=1S/C17H14BrFN2O6S/c18-12-3-1-11(13(19)6-12)7-21-9-20(8-16(22)23)14-4-2-10(17(24)25)5-15(14)28(21,26)27/h1-6H,7-9H2,(H,22,23)(H,24,25). The highest BCUT2D eigenvalue weighted by Gasteiger charge is 2.37. The number of carbonyl (C=O) groups is 2. The highest BCUT2D eigenvalue weighted by atomic mass is 79.9. The molecule has 148 valence electrons. The van der Waals surface area contributed by atoms with E-state index in [1.165, 1.54) is 29.2 Å². The van der Waals surface area contributed by atoms with Crippen LogP contribution >= 0.6 is 15.9 Å². The largest absolute Gasteiger partial charge is 0.480 e. The lowest BCUT2D eigenvalue weighted by molar-refractivity contribution is -0.135. The molecule has 8 nitrogen and oxygen atoms in total. The maximum Gasteiger partial charge on any atom is 0.335 e. The fraction of sp³-hybridized carbons (Fsp3) is 0.176. The lowest BCUT2D eigenvalue weighted by atomic mass is 10.2. The summed E-state index contributed by atoms with van der Waals surface area (Å²) in [6.07, 6.45) is 0. The van der Waals surface area contributed by atoms with Gasteiger partial charge in [-0.15, -0.1) is 0 Å². The molecule has 0 aromatic heterocycles. The maximum atomic E-state index is 14.2. The third-order valence-electron chi connectivity index (χ3n) is 4.18. The Kier molecular flexibility index (Phi) is 5.41. The van der Waals surface area contributed by atoms with Crippen LogP contribution in [0.2, 0.25) is 0 Å². The number of anilines is 1. The third kappa shape index (κ3) is 3.86. The molecule has 0 aliphatic carbocycles. The third-order valence-corrected chi connectivity index (χ3v) is 6.48. The summed E-state index contributed by atoms with van der Waals surface area (Å²) in [6, 6.07) is 7.61. The molecule has 1 aliphatic rings. The van der Waals surface area contributed by atoms with E-state index in [2.05, 4.69) is 15.9 Å². The Morgan fingerprint density at radius 1 is 1.14 bits per heavy atom. The molecule has 2 aromatic rings. The monoisotopic (exact) mass is 472 g/mol. The van der Waals surface area contributed by atoms with Crippen LogP contribution in [0, 0.1) is 5.82 Å². The first-order valence-corrected chi connectivity index (χ1v) is 10.1. The minimum atomic E-state index is -4.18. The van der Waals surface area contributed by atoms with Crippen LogP contribution in [0.4, 0.5) is 10.1 Å². The van der Waals surface area contributed by atoms with Crippen molar-refractivity contribution in [3.63, 3.8) is 0 Å². The SMILES string of the molecule is O=C(O)CN1CN(Cc2ccc(Br)cc2F)S(=O)(=O)c2cc(C(=O)O)ccc21. The van der Waals surface area contributed by atoms with Crippen molar-refractivity contribution in [3.8, 4) is 0 Å². The van der Waals surface area contributed by atoms with Gasteiger partial charge in [-0.05, 0) is 30.3 Å². The first-order chi connectivity index (χ1) is 13.1. The summed E-state index contributed by atoms with van der Waals surface area (Å²) in [5, 5.41) is 18.3. The van der Waals surface area contributed by atoms with E-state index >= 15 is 0 Å². The predicted octanol–water partition coefficient (Wildman–Crippen LogP) is 2.34. The molecule has 2 aromatic carbocycles. The minimum Gasteiger partial charge on any atom is -0.480 e. The number of aliphatic carboxylic acids is 1. The lowest BCUT2D eigenvalue weighted by Gasteiger charge is -2.37. The van der Waals surface area contributed by atoms with Gasteiger partial charge in [-0.2, -0.15) is 4.31 Å². The van der Waals surface area contributed by atoms with E-state index in [0.717, 1.165) is 10.4 Å². The van der Waals surface area contributed by atoms with Gasteiger partial charge in [-0.1, -0.05) is 22.0 Å². The van der Waals surface area contributed by atoms with Crippen molar-refractivity contribution in [1.29, 1.82) is 0 Å². The van der Waals surface area contributed by atoms with Crippen LogP contribution in [0.5, 0.6) is 0 Å². The number of nitrogens with zero attached hydrogens (tertiary/aromatic N) is 2. The second kappa shape index (κ2) is 7.49. The number of carboxylic acid groups (broad SMARTS) is 2. The smallest absolute Gasteiger partial charge is 0.335 e. The number of halogens is 2. The predicted molar refractivity (Wildman–Crippen MR) is 100 cm³/mol. The van der Waals surface area contributed by atoms with E-state index in [1.54, 1.807) is 6.07 Å². The average molecular weight is 473 g/mol. The highest BCUT2D eigenvalue weighted by Crippen LogP contribution is 2.35. The van der Waals surface area contributed by atoms with E-state index < -0.39 is 34.3 Å². The van der Waals surface area contributed by atoms with Crippen molar-refractivity contribution in [2.75, 3.05) is 18.1 Å². The molecule has 1 aliphatic heterocycles. The van der Waals surface area contributed by atoms with E-state index in [1.807, 2.05) is 0 Å². The molecule has 0 spiro atoms. The Balaban J connectivity index is 2.08. The molecule has 0 atom stereocenters. The molecule has 0 saturated carbocycles. The number of hydrogen-bond donors (Lipinski definition) is 2. The topological polar surface area (TPSA) is 115 Å². The van der Waals surface area contributed by atoms with Gasteiger partial charge in [0.05, 0.1) is 17.9 Å². The van der Waals surface area contributed by atoms with Crippen molar-refractivity contribution < 1.29 is 32.6 Å². The van der Waals surface area contributed by atoms with Gasteiger partial charge in [0.1, 0.15) is 17.3 Å². The van der Waals surface area contributed by atoms with Crippen molar-refractivity contribution in [3.05, 3.63) is 57.8 Å². The van der Waals surface area contributed by atoms with Gasteiger partial charge in [0.25, 0.3) is 0 Å². The van der Waals surface area contributed by atoms with Gasteiger partial charge in [0, 0.05) is 16.6 Å². The summed E-state index contributed by atoms with van der Waals surface area (Å²) in [6.45, 7) is -1.16. The summed E-state index contributed by atoms with van der Waals surface area (Å²) >= 11 is 3.12. The Bertz CT molecular complexity index is 1080. The molecular formula is C17H14BrFN2O6S. The number of hydrogen-bond acceptors (Lipinski definition) is 5. The van der Waals surface area contributed by atoms with Crippen LogP contribution in [-0.4, -0.2) is 48.1 Å². The van der Waals surface area contributed by atoms with E-state index in [9.17, 15) is 22.4 Å². The molecule has 0 radical (unpaired) electrons. The number of aromatic carboxylic acids is 1. The summed E-state index contributed by atoms with van der Waals surface area (Å²) in [5.74, 6) is -3.14. The van der Waals surface area contributed by atoms with Crippen LogP contribution in [0.25, 0.3) is 0 Å². The Hall–Kier alpha value is -2.50. The number of benzene rings is 2. The molecular weight excluding hydrogens is 459 g/mol. The molecule has 11 heteroatoms. The molecule has 0 fully saturated rings. The van der Waals surface area contributed by atoms with Gasteiger partial charge >= 0.3 is 11.9 Å². The van der Waals surface area contributed by atoms with Gasteiger partial charge in [0.15, 0.2) is 0 Å². The van der Waals surface area contributed by atoms with Crippen LogP contribution in [0.3, 0.4) is 0 Å². The lowest BCUT2D eigenvalue weighted by Crippen LogP contribution is -2.47. The summed E-state index contributed by atoms with van der Waals surface area (Å²) in [7, 11) is -4.18. The normalized spacial score (nSPS) is 15.9. The molecule has 0 bridgehead atoms. The van der Waals surface area contributed by atoms with Crippen LogP contribution in [0.15, 0.2) is 45.8 Å². The maximum absolute atomic E-state index is 14.2. The number of carboxylic acids is 2. The summed E-state index contributed by atoms with van der Waals surface area (Å²) < 4.78 is 41.6. The zero-order chi connectivity index (χ0) is 20.6. The Labute approximate surface area is 168 Å². The number of sulfonamides is 1. The molecule has 3 rings (SSSR count). The molecule has 1 heterocycles. The quantitative estimate of drug-likeness (QED) is 0.685. The van der Waals surface area contributed by atoms with E-state index in [-0.39, 0.29) is 34.9 Å². The Morgan fingerprint density at radius 2 is 1.86 bits per heavy atom. The second-order valence-electron chi connectivity index (χ2n) is 6.07. The molecule has 0 unspecified atom stereocenters. The van der Waals surface area contributed by atoms with Gasteiger partial charge in [-0.25, -0.2) is 17.6 Å². The minimum absolute atomic E-state index is 0.0833. The van der Waals surface area contributed by atoms with E-state index in [0.29, 0.717) is 4.47 Å². The molecule has 2 N–H and O–H groups in total. The molecule has 0 saturated heterocycles. The number of rotatable bonds is 5. The van der Waals surface area contributed by atoms with Crippen molar-refractivity contribution >= 4 is 43.6 Å². The van der Waals surface area contributed by atoms with Gasteiger partial charge < -0.3 is 15.1 Å². The van der Waals surface area contributed by atoms with Gasteiger partial charge in [-0.3, -0.25) is 4.79 Å². The zero-order valence-corrected chi connectivity index (χ0v) is 16.6. The Morgan fingerprint density at radius 3 is 2.46 bits per heavy atom. The van der Waals surface area contributed by atoms with Crippen molar-refractivity contribution in [1.82, 2.24) is 4.31 Å². The van der Waals surface area contributed by atoms with Crippen LogP contribution < -0.4 is 4.90 Å². The first-order valence-electron chi connectivity index (χ1n) is 7.88.